The minimum absolute atomic E-state index is 0.189. The summed E-state index contributed by atoms with van der Waals surface area (Å²) in [5, 5.41) is 2.48. The van der Waals surface area contributed by atoms with Crippen LogP contribution in [-0.4, -0.2) is 16.7 Å². The Morgan fingerprint density at radius 1 is 1.50 bits per heavy atom. The number of rotatable bonds is 2. The lowest BCUT2D eigenvalue weighted by Crippen LogP contribution is -2.27. The van der Waals surface area contributed by atoms with E-state index in [9.17, 15) is 4.79 Å². The van der Waals surface area contributed by atoms with Crippen LogP contribution in [0.5, 0.6) is 0 Å². The van der Waals surface area contributed by atoms with Gasteiger partial charge in [-0.25, -0.2) is 9.78 Å². The van der Waals surface area contributed by atoms with Crippen molar-refractivity contribution in [2.45, 2.75) is 46.1 Å². The van der Waals surface area contributed by atoms with Crippen LogP contribution in [0, 0.1) is 0 Å². The molecule has 1 amide bonds. The molecule has 1 aromatic rings. The van der Waals surface area contributed by atoms with Crippen LogP contribution < -0.4 is 5.32 Å². The lowest BCUT2D eigenvalue weighted by molar-refractivity contribution is 0.0632. The normalized spacial score (nSPS) is 11.6. The van der Waals surface area contributed by atoms with Crippen molar-refractivity contribution in [2.75, 3.05) is 5.32 Å². The average Bonchev–Trinajstić information content (AvgIpc) is 2.48. The Balaban J connectivity index is 2.57. The minimum atomic E-state index is -0.543. The third kappa shape index (κ3) is 3.92. The number of carbonyl (C=O) groups excluding carboxylic acids is 1. The Labute approximate surface area is 95.2 Å². The maximum atomic E-state index is 11.4. The molecule has 16 heavy (non-hydrogen) atoms. The van der Waals surface area contributed by atoms with E-state index < -0.39 is 11.7 Å². The first kappa shape index (κ1) is 12.5. The van der Waals surface area contributed by atoms with Crippen LogP contribution in [0.3, 0.4) is 0 Å². The number of hydrogen-bond acceptors (Lipinski definition) is 4. The van der Waals surface area contributed by atoms with Gasteiger partial charge in [0.05, 0.1) is 6.20 Å². The Morgan fingerprint density at radius 3 is 2.56 bits per heavy atom. The maximum Gasteiger partial charge on any atom is 0.414 e. The number of carbonyl (C=O) groups is 1. The number of hydrogen-bond donors (Lipinski definition) is 1. The monoisotopic (exact) mass is 226 g/mol. The molecule has 0 unspecified atom stereocenters. The predicted molar refractivity (Wildman–Crippen MR) is 60.4 cm³/mol. The third-order valence-corrected chi connectivity index (χ3v) is 1.64. The molecule has 5 nitrogen and oxygen atoms in total. The molecular formula is C11H18N2O3. The van der Waals surface area contributed by atoms with Crippen molar-refractivity contribution in [3.05, 3.63) is 12.1 Å². The van der Waals surface area contributed by atoms with Gasteiger partial charge in [-0.05, 0) is 20.8 Å². The van der Waals surface area contributed by atoms with E-state index in [1.807, 2.05) is 13.8 Å². The zero-order valence-electron chi connectivity index (χ0n) is 10.3. The fraction of sp³-hybridized carbons (Fsp3) is 0.636. The summed E-state index contributed by atoms with van der Waals surface area (Å²) in [5.41, 5.74) is -0.523. The number of aromatic nitrogens is 1. The van der Waals surface area contributed by atoms with Crippen LogP contribution in [0.4, 0.5) is 10.7 Å². The summed E-state index contributed by atoms with van der Waals surface area (Å²) >= 11 is 0. The highest BCUT2D eigenvalue weighted by atomic mass is 16.6. The van der Waals surface area contributed by atoms with Gasteiger partial charge in [0, 0.05) is 5.92 Å². The van der Waals surface area contributed by atoms with Crippen molar-refractivity contribution in [3.63, 3.8) is 0 Å². The summed E-state index contributed by atoms with van der Waals surface area (Å²) in [6, 6.07) is 0. The van der Waals surface area contributed by atoms with E-state index in [2.05, 4.69) is 10.3 Å². The molecule has 0 aromatic carbocycles. The molecule has 5 heteroatoms. The fourth-order valence-electron chi connectivity index (χ4n) is 1.02. The molecule has 0 saturated heterocycles. The van der Waals surface area contributed by atoms with Gasteiger partial charge in [-0.2, -0.15) is 0 Å². The molecule has 0 fully saturated rings. The number of ether oxygens (including phenoxy) is 1. The molecule has 0 radical (unpaired) electrons. The second-order valence-electron chi connectivity index (χ2n) is 4.84. The fourth-order valence-corrected chi connectivity index (χ4v) is 1.02. The molecule has 0 aliphatic rings. The van der Waals surface area contributed by atoms with E-state index in [1.165, 1.54) is 6.20 Å². The van der Waals surface area contributed by atoms with Gasteiger partial charge in [-0.3, -0.25) is 5.32 Å². The minimum Gasteiger partial charge on any atom is -0.444 e. The first-order valence-electron chi connectivity index (χ1n) is 5.23. The van der Waals surface area contributed by atoms with Crippen molar-refractivity contribution < 1.29 is 13.9 Å². The van der Waals surface area contributed by atoms with Crippen LogP contribution in [-0.2, 0) is 4.74 Å². The molecule has 1 aromatic heterocycles. The van der Waals surface area contributed by atoms with Crippen LogP contribution in [0.1, 0.15) is 46.4 Å². The molecule has 1 rings (SSSR count). The van der Waals surface area contributed by atoms with Gasteiger partial charge in [0.1, 0.15) is 5.60 Å². The van der Waals surface area contributed by atoms with E-state index in [1.54, 1.807) is 20.8 Å². The van der Waals surface area contributed by atoms with E-state index in [-0.39, 0.29) is 5.92 Å². The van der Waals surface area contributed by atoms with E-state index >= 15 is 0 Å². The molecule has 1 heterocycles. The molecule has 0 aliphatic carbocycles. The Hall–Kier alpha value is -1.52. The summed E-state index contributed by atoms with van der Waals surface area (Å²) in [4.78, 5) is 15.4. The molecule has 0 aliphatic heterocycles. The van der Waals surface area contributed by atoms with Crippen LogP contribution in [0.25, 0.3) is 0 Å². The first-order chi connectivity index (χ1) is 7.28. The summed E-state index contributed by atoms with van der Waals surface area (Å²) in [5.74, 6) is 1.08. The molecule has 90 valence electrons. The number of amides is 1. The molecular weight excluding hydrogens is 208 g/mol. The van der Waals surface area contributed by atoms with Crippen molar-refractivity contribution in [3.8, 4) is 0 Å². The van der Waals surface area contributed by atoms with Crippen molar-refractivity contribution in [2.24, 2.45) is 0 Å². The van der Waals surface area contributed by atoms with Gasteiger partial charge in [0.15, 0.2) is 5.89 Å². The Morgan fingerprint density at radius 2 is 2.12 bits per heavy atom. The molecule has 1 N–H and O–H groups in total. The summed E-state index contributed by atoms with van der Waals surface area (Å²) in [6.07, 6.45) is 0.929. The topological polar surface area (TPSA) is 64.4 Å². The van der Waals surface area contributed by atoms with Crippen LogP contribution in [0.15, 0.2) is 10.6 Å². The highest BCUT2D eigenvalue weighted by molar-refractivity contribution is 5.82. The number of oxazole rings is 1. The smallest absolute Gasteiger partial charge is 0.414 e. The number of nitrogens with one attached hydrogen (secondary N) is 1. The molecule has 0 saturated carbocycles. The lowest BCUT2D eigenvalue weighted by atomic mass is 10.2. The third-order valence-electron chi connectivity index (χ3n) is 1.64. The highest BCUT2D eigenvalue weighted by Crippen LogP contribution is 2.18. The van der Waals surface area contributed by atoms with Crippen molar-refractivity contribution in [1.82, 2.24) is 4.98 Å². The number of nitrogens with zero attached hydrogens (tertiary/aromatic N) is 1. The van der Waals surface area contributed by atoms with Crippen molar-refractivity contribution >= 4 is 12.0 Å². The standard InChI is InChI=1S/C11H18N2O3/c1-7(2)9-12-6-8(15-9)13-10(14)16-11(3,4)5/h6-7H,1-5H3,(H,13,14). The summed E-state index contributed by atoms with van der Waals surface area (Å²) in [6.45, 7) is 9.32. The van der Waals surface area contributed by atoms with Gasteiger partial charge in [0.2, 0.25) is 5.88 Å². The van der Waals surface area contributed by atoms with Crippen LogP contribution in [0.2, 0.25) is 0 Å². The quantitative estimate of drug-likeness (QED) is 0.841. The average molecular weight is 226 g/mol. The van der Waals surface area contributed by atoms with Gasteiger partial charge < -0.3 is 9.15 Å². The molecule has 0 atom stereocenters. The zero-order chi connectivity index (χ0) is 12.3. The van der Waals surface area contributed by atoms with Gasteiger partial charge in [0.25, 0.3) is 0 Å². The number of anilines is 1. The Bertz CT molecular complexity index is 364. The zero-order valence-corrected chi connectivity index (χ0v) is 10.3. The summed E-state index contributed by atoms with van der Waals surface area (Å²) < 4.78 is 10.4. The largest absolute Gasteiger partial charge is 0.444 e. The highest BCUT2D eigenvalue weighted by Gasteiger charge is 2.17. The SMILES string of the molecule is CC(C)c1ncc(NC(=O)OC(C)(C)C)o1. The van der Waals surface area contributed by atoms with E-state index in [4.69, 9.17) is 9.15 Å². The first-order valence-corrected chi connectivity index (χ1v) is 5.23. The van der Waals surface area contributed by atoms with Gasteiger partial charge in [-0.15, -0.1) is 0 Å². The van der Waals surface area contributed by atoms with E-state index in [0.29, 0.717) is 11.8 Å². The Kier molecular flexibility index (Phi) is 3.57. The van der Waals surface area contributed by atoms with Crippen LogP contribution >= 0.6 is 0 Å². The maximum absolute atomic E-state index is 11.4. The molecule has 0 bridgehead atoms. The lowest BCUT2D eigenvalue weighted by Gasteiger charge is -2.18. The van der Waals surface area contributed by atoms with Crippen molar-refractivity contribution in [1.29, 1.82) is 0 Å². The van der Waals surface area contributed by atoms with Gasteiger partial charge >= 0.3 is 6.09 Å². The molecule has 0 spiro atoms. The second-order valence-corrected chi connectivity index (χ2v) is 4.84. The van der Waals surface area contributed by atoms with E-state index in [0.717, 1.165) is 0 Å². The summed E-state index contributed by atoms with van der Waals surface area (Å²) in [7, 11) is 0. The van der Waals surface area contributed by atoms with Gasteiger partial charge in [-0.1, -0.05) is 13.8 Å². The second kappa shape index (κ2) is 4.55. The predicted octanol–water partition coefficient (Wildman–Crippen LogP) is 3.15.